The number of likely N-dealkylation sites (N-methyl/N-ethyl adjacent to an activating group) is 1. The van der Waals surface area contributed by atoms with Gasteiger partial charge in [-0.25, -0.2) is 8.78 Å². The summed E-state index contributed by atoms with van der Waals surface area (Å²) in [7, 11) is 1.40. The third-order valence-electron chi connectivity index (χ3n) is 3.83. The van der Waals surface area contributed by atoms with Crippen molar-refractivity contribution in [3.8, 4) is 0 Å². The van der Waals surface area contributed by atoms with Gasteiger partial charge in [0.05, 0.1) is 0 Å². The summed E-state index contributed by atoms with van der Waals surface area (Å²) in [5.41, 5.74) is 2.52. The van der Waals surface area contributed by atoms with E-state index in [1.165, 1.54) is 13.1 Å². The highest BCUT2D eigenvalue weighted by molar-refractivity contribution is 5.98. The molecule has 0 aliphatic rings. The minimum atomic E-state index is -1.13. The molecule has 2 aromatic carbocycles. The molecule has 0 heterocycles. The Labute approximate surface area is 138 Å². The van der Waals surface area contributed by atoms with Crippen LogP contribution in [0.2, 0.25) is 0 Å². The highest BCUT2D eigenvalue weighted by Crippen LogP contribution is 2.18. The summed E-state index contributed by atoms with van der Waals surface area (Å²) in [5, 5.41) is 4.96. The van der Waals surface area contributed by atoms with Crippen LogP contribution in [0.25, 0.3) is 0 Å². The Hall–Kier alpha value is -2.76. The van der Waals surface area contributed by atoms with Gasteiger partial charge in [0.2, 0.25) is 5.91 Å². The normalized spacial score (nSPS) is 11.7. The molecule has 0 saturated heterocycles. The standard InChI is InChI=1S/C18H18F2N2O2/c1-10-4-5-13(8-11(10)2)17(23)22-16(18(24)21-3)12-6-7-14(19)15(20)9-12/h4-9,16H,1-3H3,(H,21,24)(H,22,23). The fourth-order valence-electron chi connectivity index (χ4n) is 2.23. The predicted octanol–water partition coefficient (Wildman–Crippen LogP) is 2.80. The average Bonchev–Trinajstić information content (AvgIpc) is 2.56. The molecule has 2 amide bonds. The van der Waals surface area contributed by atoms with Gasteiger partial charge >= 0.3 is 0 Å². The molecule has 126 valence electrons. The van der Waals surface area contributed by atoms with Crippen molar-refractivity contribution in [1.29, 1.82) is 0 Å². The molecule has 0 fully saturated rings. The van der Waals surface area contributed by atoms with Gasteiger partial charge in [0, 0.05) is 12.6 Å². The molecule has 0 bridgehead atoms. The number of aryl methyl sites for hydroxylation is 2. The SMILES string of the molecule is CNC(=O)C(NC(=O)c1ccc(C)c(C)c1)c1ccc(F)c(F)c1. The van der Waals surface area contributed by atoms with E-state index in [1.807, 2.05) is 13.8 Å². The monoisotopic (exact) mass is 332 g/mol. The van der Waals surface area contributed by atoms with Crippen molar-refractivity contribution in [2.24, 2.45) is 0 Å². The smallest absolute Gasteiger partial charge is 0.252 e. The number of benzene rings is 2. The quantitative estimate of drug-likeness (QED) is 0.904. The van der Waals surface area contributed by atoms with Gasteiger partial charge < -0.3 is 10.6 Å². The topological polar surface area (TPSA) is 58.2 Å². The van der Waals surface area contributed by atoms with Crippen molar-refractivity contribution >= 4 is 11.8 Å². The van der Waals surface area contributed by atoms with Gasteiger partial charge in [-0.2, -0.15) is 0 Å². The van der Waals surface area contributed by atoms with Crippen molar-refractivity contribution in [2.75, 3.05) is 7.05 Å². The molecule has 4 nitrogen and oxygen atoms in total. The second-order valence-corrected chi connectivity index (χ2v) is 5.49. The molecule has 0 aromatic heterocycles. The van der Waals surface area contributed by atoms with Crippen molar-refractivity contribution < 1.29 is 18.4 Å². The van der Waals surface area contributed by atoms with Crippen LogP contribution in [0.3, 0.4) is 0 Å². The lowest BCUT2D eigenvalue weighted by atomic mass is 10.0. The minimum Gasteiger partial charge on any atom is -0.357 e. The molecule has 0 spiro atoms. The zero-order valence-electron chi connectivity index (χ0n) is 13.6. The van der Waals surface area contributed by atoms with E-state index >= 15 is 0 Å². The van der Waals surface area contributed by atoms with E-state index in [9.17, 15) is 18.4 Å². The Morgan fingerprint density at radius 1 is 0.958 bits per heavy atom. The Morgan fingerprint density at radius 2 is 1.67 bits per heavy atom. The number of halogens is 2. The molecule has 2 aromatic rings. The highest BCUT2D eigenvalue weighted by Gasteiger charge is 2.23. The number of rotatable bonds is 4. The van der Waals surface area contributed by atoms with Crippen LogP contribution >= 0.6 is 0 Å². The zero-order chi connectivity index (χ0) is 17.9. The first-order valence-electron chi connectivity index (χ1n) is 7.38. The van der Waals surface area contributed by atoms with E-state index in [-0.39, 0.29) is 5.56 Å². The average molecular weight is 332 g/mol. The lowest BCUT2D eigenvalue weighted by Crippen LogP contribution is -2.39. The van der Waals surface area contributed by atoms with E-state index < -0.39 is 29.5 Å². The van der Waals surface area contributed by atoms with E-state index in [4.69, 9.17) is 0 Å². The van der Waals surface area contributed by atoms with Crippen LogP contribution in [0.15, 0.2) is 36.4 Å². The first-order valence-corrected chi connectivity index (χ1v) is 7.38. The number of nitrogens with one attached hydrogen (secondary N) is 2. The fraction of sp³-hybridized carbons (Fsp3) is 0.222. The van der Waals surface area contributed by atoms with Gasteiger partial charge in [0.25, 0.3) is 5.91 Å². The van der Waals surface area contributed by atoms with Crippen molar-refractivity contribution in [3.05, 3.63) is 70.3 Å². The Kier molecular flexibility index (Phi) is 5.28. The molecule has 1 atom stereocenters. The minimum absolute atomic E-state index is 0.158. The summed E-state index contributed by atoms with van der Waals surface area (Å²) >= 11 is 0. The van der Waals surface area contributed by atoms with E-state index in [0.29, 0.717) is 5.56 Å². The van der Waals surface area contributed by atoms with E-state index in [0.717, 1.165) is 23.3 Å². The lowest BCUT2D eigenvalue weighted by molar-refractivity contribution is -0.122. The molecule has 1 unspecified atom stereocenters. The summed E-state index contributed by atoms with van der Waals surface area (Å²) in [6.45, 7) is 3.79. The molecule has 0 radical (unpaired) electrons. The van der Waals surface area contributed by atoms with Crippen molar-refractivity contribution in [2.45, 2.75) is 19.9 Å². The number of hydrogen-bond donors (Lipinski definition) is 2. The first-order chi connectivity index (χ1) is 11.3. The Balaban J connectivity index is 2.31. The second kappa shape index (κ2) is 7.21. The largest absolute Gasteiger partial charge is 0.357 e. The predicted molar refractivity (Wildman–Crippen MR) is 86.5 cm³/mol. The molecule has 0 saturated carbocycles. The van der Waals surface area contributed by atoms with Gasteiger partial charge in [0.1, 0.15) is 6.04 Å². The van der Waals surface area contributed by atoms with Gasteiger partial charge in [-0.05, 0) is 54.8 Å². The molecule has 6 heteroatoms. The van der Waals surface area contributed by atoms with E-state index in [1.54, 1.807) is 18.2 Å². The van der Waals surface area contributed by atoms with Crippen LogP contribution < -0.4 is 10.6 Å². The Bertz CT molecular complexity index is 791. The summed E-state index contributed by atoms with van der Waals surface area (Å²) in [4.78, 5) is 24.5. The molecule has 2 rings (SSSR count). The molecule has 0 aliphatic carbocycles. The molecule has 2 N–H and O–H groups in total. The number of hydrogen-bond acceptors (Lipinski definition) is 2. The van der Waals surface area contributed by atoms with Crippen LogP contribution in [0.1, 0.15) is 33.1 Å². The van der Waals surface area contributed by atoms with Crippen LogP contribution in [0, 0.1) is 25.5 Å². The maximum atomic E-state index is 13.4. The third-order valence-corrected chi connectivity index (χ3v) is 3.83. The number of carbonyl (C=O) groups excluding carboxylic acids is 2. The summed E-state index contributed by atoms with van der Waals surface area (Å²) in [6.07, 6.45) is 0. The second-order valence-electron chi connectivity index (χ2n) is 5.49. The highest BCUT2D eigenvalue weighted by atomic mass is 19.2. The molecular formula is C18H18F2N2O2. The summed E-state index contributed by atoms with van der Waals surface area (Å²) in [5.74, 6) is -3.11. The van der Waals surface area contributed by atoms with Gasteiger partial charge in [0.15, 0.2) is 11.6 Å². The number of carbonyl (C=O) groups is 2. The maximum absolute atomic E-state index is 13.4. The summed E-state index contributed by atoms with van der Waals surface area (Å²) in [6, 6.07) is 7.11. The lowest BCUT2D eigenvalue weighted by Gasteiger charge is -2.18. The summed E-state index contributed by atoms with van der Waals surface area (Å²) < 4.78 is 26.5. The van der Waals surface area contributed by atoms with Crippen LogP contribution in [-0.4, -0.2) is 18.9 Å². The van der Waals surface area contributed by atoms with Gasteiger partial charge in [-0.1, -0.05) is 12.1 Å². The molecule has 0 aliphatic heterocycles. The Morgan fingerprint density at radius 3 is 2.25 bits per heavy atom. The first kappa shape index (κ1) is 17.6. The van der Waals surface area contributed by atoms with Crippen LogP contribution in [-0.2, 0) is 4.79 Å². The van der Waals surface area contributed by atoms with Crippen molar-refractivity contribution in [3.63, 3.8) is 0 Å². The van der Waals surface area contributed by atoms with Crippen molar-refractivity contribution in [1.82, 2.24) is 10.6 Å². The maximum Gasteiger partial charge on any atom is 0.252 e. The molecular weight excluding hydrogens is 314 g/mol. The van der Waals surface area contributed by atoms with Crippen LogP contribution in [0.4, 0.5) is 8.78 Å². The zero-order valence-corrected chi connectivity index (χ0v) is 13.6. The third kappa shape index (κ3) is 3.76. The van der Waals surface area contributed by atoms with Gasteiger partial charge in [-0.3, -0.25) is 9.59 Å². The fourth-order valence-corrected chi connectivity index (χ4v) is 2.23. The van der Waals surface area contributed by atoms with Gasteiger partial charge in [-0.15, -0.1) is 0 Å². The van der Waals surface area contributed by atoms with E-state index in [2.05, 4.69) is 10.6 Å². The number of amides is 2. The van der Waals surface area contributed by atoms with Crippen LogP contribution in [0.5, 0.6) is 0 Å². The molecule has 24 heavy (non-hydrogen) atoms.